The van der Waals surface area contributed by atoms with Gasteiger partial charge in [-0.15, -0.1) is 0 Å². The lowest BCUT2D eigenvalue weighted by atomic mass is 9.87. The van der Waals surface area contributed by atoms with Crippen molar-refractivity contribution in [2.45, 2.75) is 46.0 Å². The molecule has 2 heteroatoms. The molecule has 1 aliphatic rings. The van der Waals surface area contributed by atoms with Crippen molar-refractivity contribution < 1.29 is 5.11 Å². The third-order valence-electron chi connectivity index (χ3n) is 4.83. The van der Waals surface area contributed by atoms with Crippen molar-refractivity contribution in [1.29, 1.82) is 0 Å². The number of rotatable bonds is 5. The van der Waals surface area contributed by atoms with E-state index in [1.54, 1.807) is 12.1 Å². The number of hydrogen-bond donors (Lipinski definition) is 1. The summed E-state index contributed by atoms with van der Waals surface area (Å²) in [5.41, 5.74) is 1.87. The molecule has 0 amide bonds. The standard InChI is InChI=1S/C17H27NO/c1-4-17(3)10-12-18(13-17)11-9-14(2)15-5-7-16(19)8-6-15/h5-8,14,19H,4,9-13H2,1-3H3. The molecule has 1 aromatic carbocycles. The maximum Gasteiger partial charge on any atom is 0.115 e. The Morgan fingerprint density at radius 2 is 2.00 bits per heavy atom. The fourth-order valence-corrected chi connectivity index (χ4v) is 2.95. The van der Waals surface area contributed by atoms with Crippen LogP contribution in [0.5, 0.6) is 5.75 Å². The molecule has 0 radical (unpaired) electrons. The summed E-state index contributed by atoms with van der Waals surface area (Å²) in [6, 6.07) is 7.66. The van der Waals surface area contributed by atoms with Gasteiger partial charge in [-0.05, 0) is 61.4 Å². The van der Waals surface area contributed by atoms with Gasteiger partial charge in [-0.2, -0.15) is 0 Å². The summed E-state index contributed by atoms with van der Waals surface area (Å²) in [5.74, 6) is 0.920. The molecule has 0 aromatic heterocycles. The molecule has 2 nitrogen and oxygen atoms in total. The highest BCUT2D eigenvalue weighted by Gasteiger charge is 2.31. The molecule has 0 bridgehead atoms. The molecule has 1 N–H and O–H groups in total. The Morgan fingerprint density at radius 3 is 2.58 bits per heavy atom. The maximum atomic E-state index is 9.32. The molecular weight excluding hydrogens is 234 g/mol. The fourth-order valence-electron chi connectivity index (χ4n) is 2.95. The van der Waals surface area contributed by atoms with Gasteiger partial charge in [0.1, 0.15) is 5.75 Å². The van der Waals surface area contributed by atoms with Crippen LogP contribution in [0.2, 0.25) is 0 Å². The van der Waals surface area contributed by atoms with Crippen LogP contribution in [0, 0.1) is 5.41 Å². The van der Waals surface area contributed by atoms with Crippen molar-refractivity contribution in [2.24, 2.45) is 5.41 Å². The summed E-state index contributed by atoms with van der Waals surface area (Å²) in [6.45, 7) is 10.7. The van der Waals surface area contributed by atoms with Crippen LogP contribution in [0.3, 0.4) is 0 Å². The van der Waals surface area contributed by atoms with Gasteiger partial charge in [0.15, 0.2) is 0 Å². The molecule has 1 saturated heterocycles. The second kappa shape index (κ2) is 5.96. The number of nitrogens with zero attached hydrogens (tertiary/aromatic N) is 1. The van der Waals surface area contributed by atoms with Crippen molar-refractivity contribution in [3.8, 4) is 5.75 Å². The zero-order valence-electron chi connectivity index (χ0n) is 12.5. The van der Waals surface area contributed by atoms with Gasteiger partial charge in [0.2, 0.25) is 0 Å². The van der Waals surface area contributed by atoms with E-state index in [1.165, 1.54) is 44.5 Å². The predicted octanol–water partition coefficient (Wildman–Crippen LogP) is 4.01. The molecule has 1 aliphatic heterocycles. The normalized spacial score (nSPS) is 25.6. The SMILES string of the molecule is CCC1(C)CCN(CCC(C)c2ccc(O)cc2)C1. The van der Waals surface area contributed by atoms with E-state index in [1.807, 2.05) is 12.1 Å². The van der Waals surface area contributed by atoms with Crippen molar-refractivity contribution in [1.82, 2.24) is 4.90 Å². The first-order valence-electron chi connectivity index (χ1n) is 7.54. The van der Waals surface area contributed by atoms with Crippen LogP contribution in [-0.2, 0) is 0 Å². The Hall–Kier alpha value is -1.02. The minimum Gasteiger partial charge on any atom is -0.508 e. The van der Waals surface area contributed by atoms with E-state index in [2.05, 4.69) is 25.7 Å². The molecule has 0 saturated carbocycles. The molecule has 2 atom stereocenters. The van der Waals surface area contributed by atoms with Crippen molar-refractivity contribution in [2.75, 3.05) is 19.6 Å². The average molecular weight is 261 g/mol. The summed E-state index contributed by atoms with van der Waals surface area (Å²) in [7, 11) is 0. The maximum absolute atomic E-state index is 9.32. The van der Waals surface area contributed by atoms with Crippen LogP contribution < -0.4 is 0 Å². The monoisotopic (exact) mass is 261 g/mol. The van der Waals surface area contributed by atoms with Gasteiger partial charge in [0.05, 0.1) is 0 Å². The number of phenols is 1. The summed E-state index contributed by atoms with van der Waals surface area (Å²) in [5, 5.41) is 9.32. The van der Waals surface area contributed by atoms with Crippen LogP contribution in [0.1, 0.15) is 51.5 Å². The van der Waals surface area contributed by atoms with Crippen LogP contribution >= 0.6 is 0 Å². The Bertz CT molecular complexity index is 400. The lowest BCUT2D eigenvalue weighted by molar-refractivity contribution is 0.262. The quantitative estimate of drug-likeness (QED) is 0.865. The smallest absolute Gasteiger partial charge is 0.115 e. The van der Waals surface area contributed by atoms with E-state index in [0.717, 1.165) is 0 Å². The van der Waals surface area contributed by atoms with Crippen LogP contribution in [0.4, 0.5) is 0 Å². The fraction of sp³-hybridized carbons (Fsp3) is 0.647. The Morgan fingerprint density at radius 1 is 1.32 bits per heavy atom. The first-order valence-corrected chi connectivity index (χ1v) is 7.54. The van der Waals surface area contributed by atoms with Gasteiger partial charge in [-0.1, -0.05) is 32.9 Å². The first-order chi connectivity index (χ1) is 9.02. The molecule has 19 heavy (non-hydrogen) atoms. The van der Waals surface area contributed by atoms with Gasteiger partial charge >= 0.3 is 0 Å². The molecule has 1 fully saturated rings. The predicted molar refractivity (Wildman–Crippen MR) is 80.6 cm³/mol. The number of benzene rings is 1. The molecule has 0 aliphatic carbocycles. The second-order valence-electron chi connectivity index (χ2n) is 6.47. The molecule has 1 aromatic rings. The molecule has 2 rings (SSSR count). The average Bonchev–Trinajstić information content (AvgIpc) is 2.79. The second-order valence-corrected chi connectivity index (χ2v) is 6.47. The van der Waals surface area contributed by atoms with Gasteiger partial charge in [-0.25, -0.2) is 0 Å². The third-order valence-corrected chi connectivity index (χ3v) is 4.83. The van der Waals surface area contributed by atoms with Crippen molar-refractivity contribution in [3.63, 3.8) is 0 Å². The summed E-state index contributed by atoms with van der Waals surface area (Å²) < 4.78 is 0. The van der Waals surface area contributed by atoms with E-state index in [0.29, 0.717) is 17.1 Å². The summed E-state index contributed by atoms with van der Waals surface area (Å²) in [4.78, 5) is 2.61. The number of hydrogen-bond acceptors (Lipinski definition) is 2. The van der Waals surface area contributed by atoms with Crippen molar-refractivity contribution >= 4 is 0 Å². The zero-order chi connectivity index (χ0) is 13.9. The van der Waals surface area contributed by atoms with E-state index in [-0.39, 0.29) is 0 Å². The lowest BCUT2D eigenvalue weighted by Crippen LogP contribution is -2.26. The van der Waals surface area contributed by atoms with Gasteiger partial charge in [0.25, 0.3) is 0 Å². The van der Waals surface area contributed by atoms with Crippen LogP contribution in [0.25, 0.3) is 0 Å². The number of phenolic OH excluding ortho intramolecular Hbond substituents is 1. The van der Waals surface area contributed by atoms with Gasteiger partial charge in [-0.3, -0.25) is 0 Å². The summed E-state index contributed by atoms with van der Waals surface area (Å²) >= 11 is 0. The third kappa shape index (κ3) is 3.73. The molecular formula is C17H27NO. The molecule has 0 spiro atoms. The van der Waals surface area contributed by atoms with E-state index < -0.39 is 0 Å². The molecule has 1 heterocycles. The topological polar surface area (TPSA) is 23.5 Å². The van der Waals surface area contributed by atoms with Gasteiger partial charge < -0.3 is 10.0 Å². The minimum atomic E-state index is 0.356. The van der Waals surface area contributed by atoms with Gasteiger partial charge in [0, 0.05) is 6.54 Å². The number of likely N-dealkylation sites (tertiary alicyclic amines) is 1. The highest BCUT2D eigenvalue weighted by molar-refractivity contribution is 5.27. The Balaban J connectivity index is 1.81. The van der Waals surface area contributed by atoms with Crippen molar-refractivity contribution in [3.05, 3.63) is 29.8 Å². The highest BCUT2D eigenvalue weighted by Crippen LogP contribution is 2.33. The molecule has 106 valence electrons. The molecule has 2 unspecified atom stereocenters. The first kappa shape index (κ1) is 14.4. The summed E-state index contributed by atoms with van der Waals surface area (Å²) in [6.07, 6.45) is 3.83. The lowest BCUT2D eigenvalue weighted by Gasteiger charge is -2.23. The largest absolute Gasteiger partial charge is 0.508 e. The highest BCUT2D eigenvalue weighted by atomic mass is 16.3. The Kier molecular flexibility index (Phi) is 4.51. The number of aromatic hydroxyl groups is 1. The van der Waals surface area contributed by atoms with E-state index >= 15 is 0 Å². The van der Waals surface area contributed by atoms with Crippen LogP contribution in [0.15, 0.2) is 24.3 Å². The Labute approximate surface area is 117 Å². The van der Waals surface area contributed by atoms with E-state index in [4.69, 9.17) is 0 Å². The minimum absolute atomic E-state index is 0.356. The zero-order valence-corrected chi connectivity index (χ0v) is 12.5. The van der Waals surface area contributed by atoms with E-state index in [9.17, 15) is 5.11 Å². The van der Waals surface area contributed by atoms with Crippen LogP contribution in [-0.4, -0.2) is 29.6 Å².